The smallest absolute Gasteiger partial charge is 0.154 e. The molecule has 18 heavy (non-hydrogen) atoms. The highest BCUT2D eigenvalue weighted by atomic mass is 35.5. The van der Waals surface area contributed by atoms with Gasteiger partial charge in [-0.3, -0.25) is 9.98 Å². The van der Waals surface area contributed by atoms with Crippen LogP contribution in [0, 0.1) is 6.92 Å². The second kappa shape index (κ2) is 4.38. The van der Waals surface area contributed by atoms with Crippen LogP contribution in [0.4, 0.5) is 5.69 Å². The molecular weight excluding hydrogens is 248 g/mol. The topological polar surface area (TPSA) is 50.2 Å². The Balaban J connectivity index is 1.88. The van der Waals surface area contributed by atoms with E-state index in [0.29, 0.717) is 6.54 Å². The maximum absolute atomic E-state index is 6.09. The number of anilines is 1. The van der Waals surface area contributed by atoms with Crippen LogP contribution in [-0.2, 0) is 6.54 Å². The first-order valence-corrected chi connectivity index (χ1v) is 6.00. The first-order valence-electron chi connectivity index (χ1n) is 5.62. The predicted molar refractivity (Wildman–Crippen MR) is 72.1 cm³/mol. The number of amidine groups is 1. The zero-order valence-electron chi connectivity index (χ0n) is 9.81. The summed E-state index contributed by atoms with van der Waals surface area (Å²) in [4.78, 5) is 12.9. The Morgan fingerprint density at radius 2 is 2.06 bits per heavy atom. The highest BCUT2D eigenvalue weighted by Crippen LogP contribution is 2.22. The Hall–Kier alpha value is -1.94. The van der Waals surface area contributed by atoms with Crippen LogP contribution in [0.15, 0.2) is 35.6 Å². The molecule has 1 aliphatic heterocycles. The summed E-state index contributed by atoms with van der Waals surface area (Å²) >= 11 is 6.09. The molecule has 0 atom stereocenters. The van der Waals surface area contributed by atoms with E-state index in [1.807, 2.05) is 25.1 Å². The van der Waals surface area contributed by atoms with Crippen molar-refractivity contribution in [2.24, 2.45) is 4.99 Å². The Bertz CT molecular complexity index is 637. The number of aryl methyl sites for hydroxylation is 1. The van der Waals surface area contributed by atoms with E-state index in [-0.39, 0.29) is 0 Å². The molecule has 2 aromatic rings. The van der Waals surface area contributed by atoms with E-state index in [0.717, 1.165) is 33.5 Å². The highest BCUT2D eigenvalue weighted by molar-refractivity contribution is 6.31. The van der Waals surface area contributed by atoms with Gasteiger partial charge in [-0.25, -0.2) is 4.98 Å². The van der Waals surface area contributed by atoms with Crippen molar-refractivity contribution in [3.05, 3.63) is 52.6 Å². The summed E-state index contributed by atoms with van der Waals surface area (Å²) in [5.41, 5.74) is 3.67. The molecule has 1 N–H and O–H groups in total. The van der Waals surface area contributed by atoms with Gasteiger partial charge in [-0.2, -0.15) is 0 Å². The van der Waals surface area contributed by atoms with Crippen LogP contribution in [0.5, 0.6) is 0 Å². The summed E-state index contributed by atoms with van der Waals surface area (Å²) in [5.74, 6) is 0.748. The molecule has 0 spiro atoms. The quantitative estimate of drug-likeness (QED) is 0.856. The van der Waals surface area contributed by atoms with Crippen molar-refractivity contribution in [1.29, 1.82) is 0 Å². The molecule has 0 saturated carbocycles. The van der Waals surface area contributed by atoms with Gasteiger partial charge in [-0.05, 0) is 24.6 Å². The van der Waals surface area contributed by atoms with Crippen molar-refractivity contribution >= 4 is 23.1 Å². The minimum Gasteiger partial charge on any atom is -0.339 e. The zero-order valence-corrected chi connectivity index (χ0v) is 10.6. The minimum absolute atomic E-state index is 0.575. The summed E-state index contributed by atoms with van der Waals surface area (Å²) < 4.78 is 0. The molecule has 2 heterocycles. The molecule has 5 heteroatoms. The van der Waals surface area contributed by atoms with Gasteiger partial charge in [-0.1, -0.05) is 17.7 Å². The van der Waals surface area contributed by atoms with E-state index in [2.05, 4.69) is 20.3 Å². The molecule has 0 amide bonds. The number of aliphatic imine (C=N–C) groups is 1. The van der Waals surface area contributed by atoms with Crippen molar-refractivity contribution in [3.63, 3.8) is 0 Å². The van der Waals surface area contributed by atoms with Gasteiger partial charge in [0.05, 0.1) is 12.2 Å². The third kappa shape index (κ3) is 1.95. The van der Waals surface area contributed by atoms with Gasteiger partial charge >= 0.3 is 0 Å². The average Bonchev–Trinajstić information content (AvgIpc) is 2.78. The first-order chi connectivity index (χ1) is 8.74. The molecule has 1 aromatic heterocycles. The highest BCUT2D eigenvalue weighted by Gasteiger charge is 2.18. The van der Waals surface area contributed by atoms with Gasteiger partial charge in [0.1, 0.15) is 5.69 Å². The van der Waals surface area contributed by atoms with Crippen LogP contribution in [0.1, 0.15) is 17.0 Å². The lowest BCUT2D eigenvalue weighted by molar-refractivity contribution is 0.998. The van der Waals surface area contributed by atoms with Gasteiger partial charge in [0.2, 0.25) is 0 Å². The lowest BCUT2D eigenvalue weighted by atomic mass is 10.2. The number of rotatable bonds is 1. The Kier molecular flexibility index (Phi) is 2.72. The Labute approximate surface area is 110 Å². The summed E-state index contributed by atoms with van der Waals surface area (Å²) in [5, 5.41) is 3.96. The van der Waals surface area contributed by atoms with Gasteiger partial charge in [0.25, 0.3) is 0 Å². The summed E-state index contributed by atoms with van der Waals surface area (Å²) in [7, 11) is 0. The van der Waals surface area contributed by atoms with Gasteiger partial charge < -0.3 is 5.32 Å². The number of hydrogen-bond donors (Lipinski definition) is 1. The number of aromatic nitrogens is 2. The van der Waals surface area contributed by atoms with Crippen LogP contribution in [0.25, 0.3) is 0 Å². The van der Waals surface area contributed by atoms with Crippen molar-refractivity contribution in [2.75, 3.05) is 5.32 Å². The average molecular weight is 259 g/mol. The number of nitrogens with one attached hydrogen (secondary N) is 1. The summed E-state index contributed by atoms with van der Waals surface area (Å²) in [6, 6.07) is 5.82. The second-order valence-electron chi connectivity index (χ2n) is 4.11. The predicted octanol–water partition coefficient (Wildman–Crippen LogP) is 2.81. The van der Waals surface area contributed by atoms with Gasteiger partial charge in [0, 0.05) is 23.1 Å². The third-order valence-electron chi connectivity index (χ3n) is 2.82. The normalized spacial score (nSPS) is 13.1. The second-order valence-corrected chi connectivity index (χ2v) is 4.51. The molecule has 0 bridgehead atoms. The maximum Gasteiger partial charge on any atom is 0.154 e. The van der Waals surface area contributed by atoms with Crippen LogP contribution < -0.4 is 5.32 Å². The SMILES string of the molecule is Cc1ccc(NC2=NCc3nccnc32)cc1Cl. The van der Waals surface area contributed by atoms with Crippen molar-refractivity contribution < 1.29 is 0 Å². The molecule has 0 saturated heterocycles. The molecule has 4 nitrogen and oxygen atoms in total. The van der Waals surface area contributed by atoms with Gasteiger partial charge in [-0.15, -0.1) is 0 Å². The van der Waals surface area contributed by atoms with Gasteiger partial charge in [0.15, 0.2) is 5.84 Å². The molecular formula is C13H11ClN4. The minimum atomic E-state index is 0.575. The Morgan fingerprint density at radius 1 is 1.22 bits per heavy atom. The molecule has 0 unspecified atom stereocenters. The van der Waals surface area contributed by atoms with Crippen LogP contribution in [0.2, 0.25) is 5.02 Å². The van der Waals surface area contributed by atoms with Crippen LogP contribution in [-0.4, -0.2) is 15.8 Å². The van der Waals surface area contributed by atoms with Crippen LogP contribution >= 0.6 is 11.6 Å². The molecule has 0 fully saturated rings. The largest absolute Gasteiger partial charge is 0.339 e. The molecule has 1 aromatic carbocycles. The maximum atomic E-state index is 6.09. The van der Waals surface area contributed by atoms with Crippen molar-refractivity contribution in [3.8, 4) is 0 Å². The van der Waals surface area contributed by atoms with Crippen molar-refractivity contribution in [2.45, 2.75) is 13.5 Å². The van der Waals surface area contributed by atoms with E-state index < -0.39 is 0 Å². The number of hydrogen-bond acceptors (Lipinski definition) is 4. The molecule has 1 aliphatic rings. The fourth-order valence-corrected chi connectivity index (χ4v) is 2.00. The van der Waals surface area contributed by atoms with E-state index >= 15 is 0 Å². The Morgan fingerprint density at radius 3 is 2.89 bits per heavy atom. The number of nitrogens with zero attached hydrogens (tertiary/aromatic N) is 3. The number of halogens is 1. The van der Waals surface area contributed by atoms with E-state index in [1.165, 1.54) is 0 Å². The standard InChI is InChI=1S/C13H11ClN4/c1-8-2-3-9(6-10(8)14)18-13-12-11(7-17-13)15-4-5-16-12/h2-6H,7H2,1H3,(H,17,18). The number of fused-ring (bicyclic) bond motifs is 1. The van der Waals surface area contributed by atoms with Crippen LogP contribution in [0.3, 0.4) is 0 Å². The third-order valence-corrected chi connectivity index (χ3v) is 3.23. The van der Waals surface area contributed by atoms with E-state index in [4.69, 9.17) is 11.6 Å². The molecule has 0 aliphatic carbocycles. The fraction of sp³-hybridized carbons (Fsp3) is 0.154. The lowest BCUT2D eigenvalue weighted by Gasteiger charge is -2.07. The summed E-state index contributed by atoms with van der Waals surface area (Å²) in [6.07, 6.45) is 3.35. The molecule has 90 valence electrons. The first kappa shape index (κ1) is 11.2. The van der Waals surface area contributed by atoms with E-state index in [9.17, 15) is 0 Å². The number of benzene rings is 1. The van der Waals surface area contributed by atoms with Crippen molar-refractivity contribution in [1.82, 2.24) is 9.97 Å². The van der Waals surface area contributed by atoms with E-state index in [1.54, 1.807) is 12.4 Å². The zero-order chi connectivity index (χ0) is 12.5. The monoisotopic (exact) mass is 258 g/mol. The summed E-state index contributed by atoms with van der Waals surface area (Å²) in [6.45, 7) is 2.55. The fourth-order valence-electron chi connectivity index (χ4n) is 1.82. The lowest BCUT2D eigenvalue weighted by Crippen LogP contribution is -2.13. The molecule has 3 rings (SSSR count). The molecule has 0 radical (unpaired) electrons.